The van der Waals surface area contributed by atoms with E-state index in [1.165, 1.54) is 12.1 Å². The van der Waals surface area contributed by atoms with Crippen molar-refractivity contribution < 1.29 is 9.50 Å². The summed E-state index contributed by atoms with van der Waals surface area (Å²) in [5.41, 5.74) is 1.12. The third kappa shape index (κ3) is 3.52. The molecule has 2 rings (SSSR count). The van der Waals surface area contributed by atoms with Gasteiger partial charge in [-0.25, -0.2) is 4.39 Å². The summed E-state index contributed by atoms with van der Waals surface area (Å²) in [5, 5.41) is 18.8. The molecule has 2 unspecified atom stereocenters. The minimum Gasteiger partial charge on any atom is -0.391 e. The van der Waals surface area contributed by atoms with Crippen LogP contribution in [-0.4, -0.2) is 29.2 Å². The Labute approximate surface area is 113 Å². The molecule has 0 aliphatic heterocycles. The first-order valence-electron chi connectivity index (χ1n) is 6.68. The van der Waals surface area contributed by atoms with E-state index in [-0.39, 0.29) is 18.0 Å². The van der Waals surface area contributed by atoms with Gasteiger partial charge >= 0.3 is 0 Å². The molecular weight excluding hydrogens is 243 g/mol. The molecule has 2 atom stereocenters. The lowest BCUT2D eigenvalue weighted by Crippen LogP contribution is -2.42. The summed E-state index contributed by atoms with van der Waals surface area (Å²) in [7, 11) is 1.94. The van der Waals surface area contributed by atoms with Gasteiger partial charge < -0.3 is 5.11 Å². The molecule has 1 aromatic rings. The number of benzene rings is 1. The molecule has 19 heavy (non-hydrogen) atoms. The maximum atomic E-state index is 13.4. The zero-order chi connectivity index (χ0) is 13.8. The zero-order valence-electron chi connectivity index (χ0n) is 11.1. The molecule has 102 valence electrons. The van der Waals surface area contributed by atoms with Crippen molar-refractivity contribution in [3.05, 3.63) is 35.1 Å². The molecule has 0 spiro atoms. The second kappa shape index (κ2) is 6.14. The fraction of sp³-hybridized carbons (Fsp3) is 0.533. The molecule has 1 aliphatic rings. The predicted molar refractivity (Wildman–Crippen MR) is 70.8 cm³/mol. The number of likely N-dealkylation sites (N-methyl/N-ethyl adjacent to an activating group) is 1. The number of aliphatic hydroxyl groups excluding tert-OH is 1. The van der Waals surface area contributed by atoms with Crippen molar-refractivity contribution in [2.45, 2.75) is 44.4 Å². The van der Waals surface area contributed by atoms with Crippen LogP contribution in [0.1, 0.15) is 36.8 Å². The normalized spacial score (nSPS) is 23.3. The van der Waals surface area contributed by atoms with Crippen LogP contribution < -0.4 is 0 Å². The van der Waals surface area contributed by atoms with E-state index in [0.29, 0.717) is 12.1 Å². The molecule has 1 fully saturated rings. The van der Waals surface area contributed by atoms with Gasteiger partial charge in [-0.05, 0) is 43.7 Å². The van der Waals surface area contributed by atoms with Crippen molar-refractivity contribution >= 4 is 0 Å². The summed E-state index contributed by atoms with van der Waals surface area (Å²) in [5.74, 6) is -0.383. The fourth-order valence-electron chi connectivity index (χ4n) is 2.82. The van der Waals surface area contributed by atoms with Crippen LogP contribution in [0.4, 0.5) is 4.39 Å². The number of rotatable bonds is 3. The Balaban J connectivity index is 2.08. The van der Waals surface area contributed by atoms with E-state index < -0.39 is 0 Å². The van der Waals surface area contributed by atoms with E-state index in [1.807, 2.05) is 13.1 Å². The molecule has 0 bridgehead atoms. The average Bonchev–Trinajstić information content (AvgIpc) is 2.38. The second-order valence-electron chi connectivity index (χ2n) is 5.29. The lowest BCUT2D eigenvalue weighted by atomic mass is 9.91. The van der Waals surface area contributed by atoms with Crippen LogP contribution in [0, 0.1) is 17.1 Å². The van der Waals surface area contributed by atoms with Gasteiger partial charge in [0.1, 0.15) is 5.82 Å². The zero-order valence-corrected chi connectivity index (χ0v) is 11.1. The highest BCUT2D eigenvalue weighted by Crippen LogP contribution is 2.23. The molecule has 1 aromatic carbocycles. The molecule has 1 N–H and O–H groups in total. The smallest absolute Gasteiger partial charge is 0.124 e. The van der Waals surface area contributed by atoms with E-state index in [4.69, 9.17) is 5.26 Å². The first kappa shape index (κ1) is 14.0. The summed E-state index contributed by atoms with van der Waals surface area (Å²) in [6.45, 7) is 0.550. The molecular formula is C15H19FN2O. The van der Waals surface area contributed by atoms with Gasteiger partial charge in [-0.2, -0.15) is 5.26 Å². The first-order chi connectivity index (χ1) is 9.10. The van der Waals surface area contributed by atoms with E-state index in [1.54, 1.807) is 6.07 Å². The predicted octanol–water partition coefficient (Wildman–Crippen LogP) is 2.43. The van der Waals surface area contributed by atoms with E-state index >= 15 is 0 Å². The summed E-state index contributed by atoms with van der Waals surface area (Å²) in [4.78, 5) is 2.06. The molecule has 0 radical (unpaired) electrons. The highest BCUT2D eigenvalue weighted by Gasteiger charge is 2.26. The quantitative estimate of drug-likeness (QED) is 0.910. The fourth-order valence-corrected chi connectivity index (χ4v) is 2.82. The van der Waals surface area contributed by atoms with Gasteiger partial charge in [0.25, 0.3) is 0 Å². The summed E-state index contributed by atoms with van der Waals surface area (Å²) < 4.78 is 13.4. The third-order valence-corrected chi connectivity index (χ3v) is 3.78. The van der Waals surface area contributed by atoms with Crippen molar-refractivity contribution in [1.82, 2.24) is 4.90 Å². The Morgan fingerprint density at radius 3 is 2.79 bits per heavy atom. The number of halogens is 1. The third-order valence-electron chi connectivity index (χ3n) is 3.78. The van der Waals surface area contributed by atoms with Crippen LogP contribution >= 0.6 is 0 Å². The molecule has 0 aromatic heterocycles. The van der Waals surface area contributed by atoms with Crippen molar-refractivity contribution in [1.29, 1.82) is 5.26 Å². The van der Waals surface area contributed by atoms with Gasteiger partial charge in [-0.3, -0.25) is 4.90 Å². The van der Waals surface area contributed by atoms with Crippen molar-refractivity contribution in [3.8, 4) is 6.07 Å². The van der Waals surface area contributed by atoms with Gasteiger partial charge in [0, 0.05) is 12.6 Å². The Kier molecular flexibility index (Phi) is 4.52. The average molecular weight is 262 g/mol. The van der Waals surface area contributed by atoms with Gasteiger partial charge in [0.2, 0.25) is 0 Å². The highest BCUT2D eigenvalue weighted by atomic mass is 19.1. The van der Waals surface area contributed by atoms with Crippen LogP contribution in [0.5, 0.6) is 0 Å². The second-order valence-corrected chi connectivity index (χ2v) is 5.29. The Morgan fingerprint density at radius 2 is 2.11 bits per heavy atom. The van der Waals surface area contributed by atoms with Gasteiger partial charge in [-0.15, -0.1) is 0 Å². The standard InChI is InChI=1S/C15H19FN2O/c1-18(14-4-2-3-5-15(14)19)10-12-6-11(9-17)7-13(16)8-12/h6-8,14-15,19H,2-5,10H2,1H3. The molecule has 1 aliphatic carbocycles. The van der Waals surface area contributed by atoms with Crippen molar-refractivity contribution in [2.75, 3.05) is 7.05 Å². The molecule has 0 saturated heterocycles. The van der Waals surface area contributed by atoms with Gasteiger partial charge in [0.05, 0.1) is 17.7 Å². The molecule has 0 amide bonds. The molecule has 0 heterocycles. The maximum Gasteiger partial charge on any atom is 0.124 e. The number of hydrogen-bond donors (Lipinski definition) is 1. The number of nitrogens with zero attached hydrogens (tertiary/aromatic N) is 2. The number of hydrogen-bond acceptors (Lipinski definition) is 3. The Morgan fingerprint density at radius 1 is 1.37 bits per heavy atom. The summed E-state index contributed by atoms with van der Waals surface area (Å²) >= 11 is 0. The molecule has 4 heteroatoms. The topological polar surface area (TPSA) is 47.3 Å². The summed E-state index contributed by atoms with van der Waals surface area (Å²) in [6.07, 6.45) is 3.70. The maximum absolute atomic E-state index is 13.4. The highest BCUT2D eigenvalue weighted by molar-refractivity contribution is 5.33. The summed E-state index contributed by atoms with van der Waals surface area (Å²) in [6, 6.07) is 6.48. The van der Waals surface area contributed by atoms with Gasteiger partial charge in [-0.1, -0.05) is 12.8 Å². The van der Waals surface area contributed by atoms with Gasteiger partial charge in [0.15, 0.2) is 0 Å². The largest absolute Gasteiger partial charge is 0.391 e. The monoisotopic (exact) mass is 262 g/mol. The molecule has 3 nitrogen and oxygen atoms in total. The van der Waals surface area contributed by atoms with Crippen LogP contribution in [-0.2, 0) is 6.54 Å². The lowest BCUT2D eigenvalue weighted by molar-refractivity contribution is 0.0288. The van der Waals surface area contributed by atoms with Crippen molar-refractivity contribution in [3.63, 3.8) is 0 Å². The van der Waals surface area contributed by atoms with E-state index in [9.17, 15) is 9.50 Å². The van der Waals surface area contributed by atoms with Crippen molar-refractivity contribution in [2.24, 2.45) is 0 Å². The van der Waals surface area contributed by atoms with E-state index in [0.717, 1.165) is 31.2 Å². The number of aliphatic hydroxyl groups is 1. The van der Waals surface area contributed by atoms with Crippen LogP contribution in [0.3, 0.4) is 0 Å². The SMILES string of the molecule is CN(Cc1cc(F)cc(C#N)c1)C1CCCCC1O. The Hall–Kier alpha value is -1.44. The minimum atomic E-state index is -0.383. The lowest BCUT2D eigenvalue weighted by Gasteiger charge is -2.35. The Bertz CT molecular complexity index is 484. The van der Waals surface area contributed by atoms with Crippen LogP contribution in [0.2, 0.25) is 0 Å². The van der Waals surface area contributed by atoms with Crippen LogP contribution in [0.15, 0.2) is 18.2 Å². The first-order valence-corrected chi connectivity index (χ1v) is 6.68. The van der Waals surface area contributed by atoms with E-state index in [2.05, 4.69) is 4.90 Å². The molecule has 1 saturated carbocycles. The minimum absolute atomic E-state index is 0.127. The van der Waals surface area contributed by atoms with Crippen LogP contribution in [0.25, 0.3) is 0 Å². The number of nitriles is 1.